The smallest absolute Gasteiger partial charge is 0.0575 e. The molecule has 2 aromatic carbocycles. The summed E-state index contributed by atoms with van der Waals surface area (Å²) >= 11 is 6.60. The lowest BCUT2D eigenvalue weighted by Gasteiger charge is -2.30. The summed E-state index contributed by atoms with van der Waals surface area (Å²) in [6, 6.07) is 12.7. The Morgan fingerprint density at radius 2 is 1.80 bits per heavy atom. The number of halogens is 2. The molecule has 2 aromatic rings. The monoisotopic (exact) mass is 311 g/mol. The first kappa shape index (κ1) is 15.6. The molecule has 0 saturated carbocycles. The third-order valence-corrected chi connectivity index (χ3v) is 4.47. The van der Waals surface area contributed by atoms with Gasteiger partial charge in [0.1, 0.15) is 0 Å². The van der Waals surface area contributed by atoms with E-state index in [0.717, 1.165) is 36.3 Å². The average molecular weight is 312 g/mol. The molecule has 1 aliphatic heterocycles. The summed E-state index contributed by atoms with van der Waals surface area (Å²) in [6.45, 7) is 1.95. The van der Waals surface area contributed by atoms with E-state index in [1.54, 1.807) is 7.11 Å². The van der Waals surface area contributed by atoms with Crippen LogP contribution in [0.3, 0.4) is 0 Å². The van der Waals surface area contributed by atoms with Crippen LogP contribution >= 0.6 is 24.0 Å². The third-order valence-electron chi connectivity index (χ3n) is 4.05. The highest BCUT2D eigenvalue weighted by molar-refractivity contribution is 6.36. The van der Waals surface area contributed by atoms with Crippen LogP contribution in [0.2, 0.25) is 5.02 Å². The van der Waals surface area contributed by atoms with Gasteiger partial charge in [-0.15, -0.1) is 12.4 Å². The zero-order chi connectivity index (χ0) is 13.2. The molecule has 0 atom stereocenters. The van der Waals surface area contributed by atoms with Gasteiger partial charge in [-0.2, -0.15) is 5.06 Å². The highest BCUT2D eigenvalue weighted by Crippen LogP contribution is 2.36. The molecule has 0 unspecified atom stereocenters. The van der Waals surface area contributed by atoms with Gasteiger partial charge in [-0.25, -0.2) is 0 Å². The van der Waals surface area contributed by atoms with Gasteiger partial charge in [0.2, 0.25) is 0 Å². The highest BCUT2D eigenvalue weighted by Gasteiger charge is 2.22. The second-order valence-electron chi connectivity index (χ2n) is 5.08. The second kappa shape index (κ2) is 6.77. The highest BCUT2D eigenvalue weighted by atomic mass is 35.5. The number of hydroxylamine groups is 2. The summed E-state index contributed by atoms with van der Waals surface area (Å²) in [6.07, 6.45) is 2.21. The van der Waals surface area contributed by atoms with E-state index in [2.05, 4.69) is 30.3 Å². The van der Waals surface area contributed by atoms with Crippen molar-refractivity contribution in [2.45, 2.75) is 18.8 Å². The minimum atomic E-state index is 0. The van der Waals surface area contributed by atoms with E-state index in [1.807, 2.05) is 11.1 Å². The minimum Gasteiger partial charge on any atom is -0.302 e. The summed E-state index contributed by atoms with van der Waals surface area (Å²) in [5, 5.41) is 5.32. The summed E-state index contributed by atoms with van der Waals surface area (Å²) < 4.78 is 0. The normalized spacial score (nSPS) is 17.1. The van der Waals surface area contributed by atoms with Gasteiger partial charge in [0.05, 0.1) is 12.1 Å². The molecule has 0 spiro atoms. The Balaban J connectivity index is 0.00000147. The van der Waals surface area contributed by atoms with Crippen molar-refractivity contribution < 1.29 is 4.84 Å². The molecule has 108 valence electrons. The predicted octanol–water partition coefficient (Wildman–Crippen LogP) is 4.66. The van der Waals surface area contributed by atoms with Crippen LogP contribution in [0.15, 0.2) is 36.4 Å². The van der Waals surface area contributed by atoms with E-state index in [-0.39, 0.29) is 12.4 Å². The van der Waals surface area contributed by atoms with E-state index in [9.17, 15) is 0 Å². The van der Waals surface area contributed by atoms with Crippen molar-refractivity contribution >= 4 is 34.8 Å². The Labute approximate surface area is 131 Å². The van der Waals surface area contributed by atoms with Gasteiger partial charge in [0.25, 0.3) is 0 Å². The Hall–Kier alpha value is -0.800. The molecule has 0 radical (unpaired) electrons. The topological polar surface area (TPSA) is 12.5 Å². The number of fused-ring (bicyclic) bond motifs is 1. The first-order chi connectivity index (χ1) is 9.29. The van der Waals surface area contributed by atoms with E-state index in [4.69, 9.17) is 16.4 Å². The molecule has 20 heavy (non-hydrogen) atoms. The van der Waals surface area contributed by atoms with Crippen LogP contribution < -0.4 is 0 Å². The number of hydrogen-bond acceptors (Lipinski definition) is 2. The molecular formula is C16H19Cl2NO. The molecule has 1 fully saturated rings. The average Bonchev–Trinajstić information content (AvgIpc) is 2.48. The lowest BCUT2D eigenvalue weighted by molar-refractivity contribution is -0.143. The number of benzene rings is 2. The quantitative estimate of drug-likeness (QED) is 0.800. The molecule has 0 N–H and O–H groups in total. The SMILES string of the molecule is CON1CCC(c2ccc3ccccc3c2Cl)CC1.Cl. The number of hydrogen-bond donors (Lipinski definition) is 0. The molecule has 0 aromatic heterocycles. The fourth-order valence-electron chi connectivity index (χ4n) is 2.92. The van der Waals surface area contributed by atoms with Crippen LogP contribution in [0.25, 0.3) is 10.8 Å². The van der Waals surface area contributed by atoms with Crippen molar-refractivity contribution in [1.82, 2.24) is 5.06 Å². The number of nitrogens with zero attached hydrogens (tertiary/aromatic N) is 1. The van der Waals surface area contributed by atoms with Gasteiger partial charge in [-0.3, -0.25) is 0 Å². The van der Waals surface area contributed by atoms with E-state index < -0.39 is 0 Å². The maximum atomic E-state index is 6.60. The molecule has 4 heteroatoms. The predicted molar refractivity (Wildman–Crippen MR) is 86.8 cm³/mol. The van der Waals surface area contributed by atoms with Gasteiger partial charge in [-0.1, -0.05) is 48.0 Å². The zero-order valence-corrected chi connectivity index (χ0v) is 13.1. The standard InChI is InChI=1S/C16H18ClNO.ClH/c1-19-18-10-8-13(9-11-18)15-7-6-12-4-2-3-5-14(12)16(15)17;/h2-7,13H,8-11H2,1H3;1H. The Morgan fingerprint density at radius 3 is 2.50 bits per heavy atom. The molecule has 2 nitrogen and oxygen atoms in total. The zero-order valence-electron chi connectivity index (χ0n) is 11.5. The van der Waals surface area contributed by atoms with Crippen LogP contribution in [0, 0.1) is 0 Å². The van der Waals surface area contributed by atoms with Crippen LogP contribution in [0.4, 0.5) is 0 Å². The van der Waals surface area contributed by atoms with Crippen molar-refractivity contribution in [3.8, 4) is 0 Å². The fourth-order valence-corrected chi connectivity index (χ4v) is 3.30. The molecular weight excluding hydrogens is 293 g/mol. The minimum absolute atomic E-state index is 0. The van der Waals surface area contributed by atoms with Crippen LogP contribution in [0.1, 0.15) is 24.3 Å². The number of rotatable bonds is 2. The van der Waals surface area contributed by atoms with Gasteiger partial charge < -0.3 is 4.84 Å². The molecule has 1 aliphatic rings. The molecule has 3 rings (SSSR count). The maximum absolute atomic E-state index is 6.60. The fraction of sp³-hybridized carbons (Fsp3) is 0.375. The second-order valence-corrected chi connectivity index (χ2v) is 5.45. The van der Waals surface area contributed by atoms with Crippen LogP contribution in [0.5, 0.6) is 0 Å². The molecule has 1 heterocycles. The van der Waals surface area contributed by atoms with Crippen LogP contribution in [-0.4, -0.2) is 25.3 Å². The Morgan fingerprint density at radius 1 is 1.10 bits per heavy atom. The van der Waals surface area contributed by atoms with Crippen LogP contribution in [-0.2, 0) is 4.84 Å². The van der Waals surface area contributed by atoms with Crippen molar-refractivity contribution in [1.29, 1.82) is 0 Å². The van der Waals surface area contributed by atoms with Gasteiger partial charge in [-0.05, 0) is 29.7 Å². The van der Waals surface area contributed by atoms with E-state index in [1.165, 1.54) is 10.9 Å². The first-order valence-electron chi connectivity index (χ1n) is 6.76. The van der Waals surface area contributed by atoms with Crippen molar-refractivity contribution in [2.24, 2.45) is 0 Å². The first-order valence-corrected chi connectivity index (χ1v) is 7.13. The van der Waals surface area contributed by atoms with E-state index in [0.29, 0.717) is 5.92 Å². The van der Waals surface area contributed by atoms with Crippen molar-refractivity contribution in [3.63, 3.8) is 0 Å². The summed E-state index contributed by atoms with van der Waals surface area (Å²) in [5.74, 6) is 0.545. The van der Waals surface area contributed by atoms with Gasteiger partial charge in [0, 0.05) is 18.5 Å². The largest absolute Gasteiger partial charge is 0.302 e. The van der Waals surface area contributed by atoms with Gasteiger partial charge >= 0.3 is 0 Å². The summed E-state index contributed by atoms with van der Waals surface area (Å²) in [5.41, 5.74) is 1.29. The van der Waals surface area contributed by atoms with Crippen molar-refractivity contribution in [3.05, 3.63) is 47.0 Å². The van der Waals surface area contributed by atoms with Gasteiger partial charge in [0.15, 0.2) is 0 Å². The Kier molecular flexibility index (Phi) is 5.28. The lowest BCUT2D eigenvalue weighted by Crippen LogP contribution is -2.32. The Bertz CT molecular complexity index is 580. The molecule has 0 aliphatic carbocycles. The third kappa shape index (κ3) is 2.94. The number of piperidine rings is 1. The molecule has 1 saturated heterocycles. The molecule has 0 bridgehead atoms. The lowest BCUT2D eigenvalue weighted by atomic mass is 9.88. The summed E-state index contributed by atoms with van der Waals surface area (Å²) in [7, 11) is 1.74. The maximum Gasteiger partial charge on any atom is 0.0575 e. The van der Waals surface area contributed by atoms with E-state index >= 15 is 0 Å². The molecule has 0 amide bonds. The van der Waals surface area contributed by atoms with Crippen molar-refractivity contribution in [2.75, 3.05) is 20.2 Å². The summed E-state index contributed by atoms with van der Waals surface area (Å²) in [4.78, 5) is 5.28.